The van der Waals surface area contributed by atoms with Gasteiger partial charge in [-0.15, -0.1) is 0 Å². The van der Waals surface area contributed by atoms with E-state index in [1.54, 1.807) is 0 Å². The number of allylic oxidation sites excluding steroid dienone is 1. The summed E-state index contributed by atoms with van der Waals surface area (Å²) < 4.78 is 5.66. The fourth-order valence-electron chi connectivity index (χ4n) is 4.02. The highest BCUT2D eigenvalue weighted by molar-refractivity contribution is 6.27. The Balaban J connectivity index is 2.15. The number of hydrogen-bond acceptors (Lipinski definition) is 6. The molecule has 0 saturated heterocycles. The van der Waals surface area contributed by atoms with Crippen molar-refractivity contribution in [1.82, 2.24) is 0 Å². The zero-order chi connectivity index (χ0) is 23.5. The van der Waals surface area contributed by atoms with Gasteiger partial charge < -0.3 is 14.9 Å². The molecule has 1 aromatic carbocycles. The van der Waals surface area contributed by atoms with Gasteiger partial charge in [0.1, 0.15) is 17.6 Å². The van der Waals surface area contributed by atoms with Crippen molar-refractivity contribution < 1.29 is 29.3 Å². The average molecular weight is 445 g/mol. The highest BCUT2D eigenvalue weighted by Gasteiger charge is 2.35. The van der Waals surface area contributed by atoms with Crippen molar-refractivity contribution in [3.8, 4) is 11.5 Å². The summed E-state index contributed by atoms with van der Waals surface area (Å²) in [5, 5.41) is 20.2. The molecule has 1 aliphatic carbocycles. The Hall–Kier alpha value is -2.63. The normalized spacial score (nSPS) is 14.1. The van der Waals surface area contributed by atoms with Crippen molar-refractivity contribution in [1.29, 1.82) is 0 Å². The van der Waals surface area contributed by atoms with Gasteiger partial charge in [0.05, 0.1) is 11.1 Å². The van der Waals surface area contributed by atoms with Crippen LogP contribution in [0.5, 0.6) is 11.5 Å². The highest BCUT2D eigenvalue weighted by atomic mass is 16.5. The van der Waals surface area contributed by atoms with Gasteiger partial charge in [-0.25, -0.2) is 0 Å². The van der Waals surface area contributed by atoms with E-state index < -0.39 is 23.6 Å². The maximum atomic E-state index is 13.1. The van der Waals surface area contributed by atoms with E-state index >= 15 is 0 Å². The zero-order valence-corrected chi connectivity index (χ0v) is 19.3. The van der Waals surface area contributed by atoms with Crippen LogP contribution in [-0.4, -0.2) is 33.9 Å². The van der Waals surface area contributed by atoms with Crippen LogP contribution in [0.15, 0.2) is 23.8 Å². The summed E-state index contributed by atoms with van der Waals surface area (Å²) in [7, 11) is 0. The van der Waals surface area contributed by atoms with Crippen LogP contribution in [0.25, 0.3) is 0 Å². The lowest BCUT2D eigenvalue weighted by atomic mass is 9.84. The molecule has 0 heterocycles. The summed E-state index contributed by atoms with van der Waals surface area (Å²) in [6, 6.07) is 2.37. The molecule has 32 heavy (non-hydrogen) atoms. The van der Waals surface area contributed by atoms with Crippen molar-refractivity contribution >= 4 is 17.5 Å². The number of carbonyl (C=O) groups is 3. The Morgan fingerprint density at radius 2 is 1.41 bits per heavy atom. The molecule has 0 spiro atoms. The summed E-state index contributed by atoms with van der Waals surface area (Å²) in [6.45, 7) is 4.22. The third kappa shape index (κ3) is 6.94. The van der Waals surface area contributed by atoms with Crippen LogP contribution >= 0.6 is 0 Å². The van der Waals surface area contributed by atoms with Crippen LogP contribution in [0.4, 0.5) is 0 Å². The lowest BCUT2D eigenvalue weighted by Crippen LogP contribution is -2.29. The van der Waals surface area contributed by atoms with Crippen LogP contribution in [0, 0.1) is 0 Å². The fourth-order valence-corrected chi connectivity index (χ4v) is 4.02. The highest BCUT2D eigenvalue weighted by Crippen LogP contribution is 2.36. The summed E-state index contributed by atoms with van der Waals surface area (Å²) in [5.74, 6) is -2.27. The Morgan fingerprint density at radius 1 is 0.844 bits per heavy atom. The fraction of sp³-hybridized carbons (Fsp3) is 0.577. The Labute approximate surface area is 190 Å². The molecule has 0 aromatic heterocycles. The number of fused-ring (bicyclic) bond motifs is 1. The lowest BCUT2D eigenvalue weighted by Gasteiger charge is -2.24. The predicted molar refractivity (Wildman–Crippen MR) is 123 cm³/mol. The van der Waals surface area contributed by atoms with Gasteiger partial charge in [-0.3, -0.25) is 14.4 Å². The number of Topliss-reactive ketones (excluding diaryl/α,β-unsaturated/α-hetero) is 1. The predicted octanol–water partition coefficient (Wildman–Crippen LogP) is 6.04. The number of carbonyl (C=O) groups excluding carboxylic acids is 3. The standard InChI is InChI=1S/C26H36O6/c1-3-5-7-8-9-10-12-13-22(32-23(30)14-11-6-4-2)18-17-21(29)24-19(27)15-16-20(28)25(24)26(18)31/h15-17,22,27-28H,3-14H2,1-2H3. The quantitative estimate of drug-likeness (QED) is 0.206. The molecule has 176 valence electrons. The van der Waals surface area contributed by atoms with Crippen molar-refractivity contribution in [2.24, 2.45) is 0 Å². The summed E-state index contributed by atoms with van der Waals surface area (Å²) in [4.78, 5) is 38.2. The minimum Gasteiger partial charge on any atom is -0.507 e. The van der Waals surface area contributed by atoms with E-state index in [1.807, 2.05) is 6.92 Å². The minimum absolute atomic E-state index is 0.0678. The van der Waals surface area contributed by atoms with E-state index in [0.717, 1.165) is 44.6 Å². The number of rotatable bonds is 14. The van der Waals surface area contributed by atoms with E-state index in [4.69, 9.17) is 4.74 Å². The smallest absolute Gasteiger partial charge is 0.306 e. The van der Waals surface area contributed by atoms with Gasteiger partial charge in [-0.2, -0.15) is 0 Å². The molecule has 1 unspecified atom stereocenters. The number of aromatic hydroxyl groups is 2. The molecule has 0 fully saturated rings. The molecule has 0 aliphatic heterocycles. The SMILES string of the molecule is CCCCCCCCCC(OC(=O)CCCCC)C1=CC(=O)c2c(O)ccc(O)c2C1=O. The molecule has 1 aliphatic rings. The third-order valence-corrected chi connectivity index (χ3v) is 5.86. The molecule has 6 heteroatoms. The molecule has 2 N–H and O–H groups in total. The van der Waals surface area contributed by atoms with Crippen molar-refractivity contribution in [3.63, 3.8) is 0 Å². The third-order valence-electron chi connectivity index (χ3n) is 5.86. The monoisotopic (exact) mass is 444 g/mol. The molecule has 1 atom stereocenters. The first kappa shape index (κ1) is 25.6. The molecule has 6 nitrogen and oxygen atoms in total. The summed E-state index contributed by atoms with van der Waals surface area (Å²) >= 11 is 0. The van der Waals surface area contributed by atoms with Gasteiger partial charge in [-0.1, -0.05) is 65.2 Å². The average Bonchev–Trinajstić information content (AvgIpc) is 2.76. The molecule has 2 rings (SSSR count). The van der Waals surface area contributed by atoms with E-state index in [-0.39, 0.29) is 34.6 Å². The van der Waals surface area contributed by atoms with Crippen LogP contribution in [0.1, 0.15) is 112 Å². The maximum absolute atomic E-state index is 13.1. The Kier molecular flexibility index (Phi) is 10.4. The Bertz CT molecular complexity index is 839. The van der Waals surface area contributed by atoms with Gasteiger partial charge in [0.25, 0.3) is 0 Å². The van der Waals surface area contributed by atoms with E-state index in [0.29, 0.717) is 12.8 Å². The number of benzene rings is 1. The van der Waals surface area contributed by atoms with Gasteiger partial charge in [0.2, 0.25) is 0 Å². The van der Waals surface area contributed by atoms with Crippen molar-refractivity contribution in [2.75, 3.05) is 0 Å². The second-order valence-electron chi connectivity index (χ2n) is 8.49. The minimum atomic E-state index is -0.842. The summed E-state index contributed by atoms with van der Waals surface area (Å²) in [5.41, 5.74) is -0.361. The summed E-state index contributed by atoms with van der Waals surface area (Å²) in [6.07, 6.45) is 11.1. The number of ether oxygens (including phenoxy) is 1. The molecular weight excluding hydrogens is 408 g/mol. The first-order valence-corrected chi connectivity index (χ1v) is 12.0. The van der Waals surface area contributed by atoms with E-state index in [2.05, 4.69) is 6.92 Å². The van der Waals surface area contributed by atoms with Crippen molar-refractivity contribution in [2.45, 2.75) is 97.0 Å². The topological polar surface area (TPSA) is 101 Å². The zero-order valence-electron chi connectivity index (χ0n) is 19.3. The second-order valence-corrected chi connectivity index (χ2v) is 8.49. The number of unbranched alkanes of at least 4 members (excludes halogenated alkanes) is 8. The molecule has 0 amide bonds. The number of phenols is 2. The Morgan fingerprint density at radius 3 is 2.06 bits per heavy atom. The van der Waals surface area contributed by atoms with Gasteiger partial charge in [0, 0.05) is 12.0 Å². The molecule has 0 radical (unpaired) electrons. The van der Waals surface area contributed by atoms with Crippen molar-refractivity contribution in [3.05, 3.63) is 34.9 Å². The van der Waals surface area contributed by atoms with Crippen LogP contribution < -0.4 is 0 Å². The van der Waals surface area contributed by atoms with E-state index in [1.165, 1.54) is 31.4 Å². The molecular formula is C26H36O6. The largest absolute Gasteiger partial charge is 0.507 e. The lowest BCUT2D eigenvalue weighted by molar-refractivity contribution is -0.147. The van der Waals surface area contributed by atoms with Gasteiger partial charge >= 0.3 is 5.97 Å². The first-order valence-electron chi connectivity index (χ1n) is 12.0. The van der Waals surface area contributed by atoms with Gasteiger partial charge in [0.15, 0.2) is 11.6 Å². The van der Waals surface area contributed by atoms with Crippen LogP contribution in [0.2, 0.25) is 0 Å². The second kappa shape index (κ2) is 13.0. The first-order chi connectivity index (χ1) is 15.4. The number of esters is 1. The number of hydrogen-bond donors (Lipinski definition) is 2. The van der Waals surface area contributed by atoms with E-state index in [9.17, 15) is 24.6 Å². The molecule has 0 saturated carbocycles. The maximum Gasteiger partial charge on any atom is 0.306 e. The van der Waals surface area contributed by atoms with Gasteiger partial charge in [-0.05, 0) is 37.5 Å². The molecule has 1 aromatic rings. The van der Waals surface area contributed by atoms with Crippen LogP contribution in [-0.2, 0) is 9.53 Å². The molecule has 0 bridgehead atoms. The van der Waals surface area contributed by atoms with Crippen LogP contribution in [0.3, 0.4) is 0 Å². The number of phenolic OH excluding ortho intramolecular Hbond substituents is 2. The number of ketones is 2.